The summed E-state index contributed by atoms with van der Waals surface area (Å²) in [5, 5.41) is 3.97. The molecule has 0 radical (unpaired) electrons. The number of rotatable bonds is 5. The zero-order chi connectivity index (χ0) is 12.3. The van der Waals surface area contributed by atoms with Crippen LogP contribution in [0.3, 0.4) is 0 Å². The summed E-state index contributed by atoms with van der Waals surface area (Å²) >= 11 is 1.92. The van der Waals surface area contributed by atoms with Crippen LogP contribution in [0.1, 0.15) is 13.8 Å². The van der Waals surface area contributed by atoms with Crippen molar-refractivity contribution in [3.8, 4) is 0 Å². The quantitative estimate of drug-likeness (QED) is 0.809. The van der Waals surface area contributed by atoms with Crippen molar-refractivity contribution in [1.82, 2.24) is 5.32 Å². The summed E-state index contributed by atoms with van der Waals surface area (Å²) in [5.74, 6) is 0.824. The van der Waals surface area contributed by atoms with Crippen molar-refractivity contribution in [2.24, 2.45) is 5.92 Å². The lowest BCUT2D eigenvalue weighted by atomic mass is 10.0. The highest BCUT2D eigenvalue weighted by Crippen LogP contribution is 2.25. The number of hydrogen-bond donors (Lipinski definition) is 1. The Morgan fingerprint density at radius 1 is 1.29 bits per heavy atom. The molecule has 1 fully saturated rings. The SMILES string of the molecule is CC(C)Sc1ccc(N(C)CC2CNC2)cc1. The molecule has 0 aliphatic carbocycles. The summed E-state index contributed by atoms with van der Waals surface area (Å²) in [5.41, 5.74) is 1.32. The van der Waals surface area contributed by atoms with Crippen LogP contribution in [0.25, 0.3) is 0 Å². The van der Waals surface area contributed by atoms with Gasteiger partial charge in [-0.3, -0.25) is 0 Å². The number of anilines is 1. The molecule has 2 nitrogen and oxygen atoms in total. The van der Waals surface area contributed by atoms with E-state index in [1.165, 1.54) is 23.7 Å². The standard InChI is InChI=1S/C14H22N2S/c1-11(2)17-14-6-4-13(5-7-14)16(3)10-12-8-15-9-12/h4-7,11-12,15H,8-10H2,1-3H3. The molecule has 1 saturated heterocycles. The Morgan fingerprint density at radius 3 is 2.41 bits per heavy atom. The lowest BCUT2D eigenvalue weighted by molar-refractivity contribution is 0.353. The van der Waals surface area contributed by atoms with Gasteiger partial charge >= 0.3 is 0 Å². The third kappa shape index (κ3) is 3.65. The van der Waals surface area contributed by atoms with Gasteiger partial charge in [-0.1, -0.05) is 13.8 Å². The molecule has 0 atom stereocenters. The summed E-state index contributed by atoms with van der Waals surface area (Å²) in [6, 6.07) is 8.93. The third-order valence-electron chi connectivity index (χ3n) is 3.05. The first-order valence-electron chi connectivity index (χ1n) is 6.33. The molecule has 0 unspecified atom stereocenters. The number of nitrogens with zero attached hydrogens (tertiary/aromatic N) is 1. The molecule has 0 bridgehead atoms. The van der Waals surface area contributed by atoms with Gasteiger partial charge in [-0.05, 0) is 24.3 Å². The molecule has 17 heavy (non-hydrogen) atoms. The first kappa shape index (κ1) is 12.8. The fraction of sp³-hybridized carbons (Fsp3) is 0.571. The fourth-order valence-electron chi connectivity index (χ4n) is 2.02. The molecule has 1 aliphatic rings. The van der Waals surface area contributed by atoms with Gasteiger partial charge in [0.15, 0.2) is 0 Å². The van der Waals surface area contributed by atoms with Crippen molar-refractivity contribution < 1.29 is 0 Å². The molecule has 0 saturated carbocycles. The summed E-state index contributed by atoms with van der Waals surface area (Å²) in [6.45, 7) is 7.96. The lowest BCUT2D eigenvalue weighted by Crippen LogP contribution is -2.47. The van der Waals surface area contributed by atoms with E-state index in [2.05, 4.69) is 55.4 Å². The Balaban J connectivity index is 1.91. The highest BCUT2D eigenvalue weighted by atomic mass is 32.2. The van der Waals surface area contributed by atoms with Crippen LogP contribution in [0.15, 0.2) is 29.2 Å². The van der Waals surface area contributed by atoms with E-state index in [1.54, 1.807) is 0 Å². The van der Waals surface area contributed by atoms with E-state index in [0.29, 0.717) is 5.25 Å². The maximum atomic E-state index is 3.32. The minimum atomic E-state index is 0.652. The monoisotopic (exact) mass is 250 g/mol. The second-order valence-electron chi connectivity index (χ2n) is 5.07. The van der Waals surface area contributed by atoms with Crippen LogP contribution in [0.2, 0.25) is 0 Å². The van der Waals surface area contributed by atoms with Crippen LogP contribution < -0.4 is 10.2 Å². The van der Waals surface area contributed by atoms with Crippen molar-refractivity contribution in [3.05, 3.63) is 24.3 Å². The molecule has 94 valence electrons. The minimum absolute atomic E-state index is 0.652. The minimum Gasteiger partial charge on any atom is -0.374 e. The average molecular weight is 250 g/mol. The molecular formula is C14H22N2S. The number of nitrogens with one attached hydrogen (secondary N) is 1. The van der Waals surface area contributed by atoms with Gasteiger partial charge in [0.05, 0.1) is 0 Å². The maximum absolute atomic E-state index is 3.32. The fourth-order valence-corrected chi connectivity index (χ4v) is 2.86. The predicted octanol–water partition coefficient (Wildman–Crippen LogP) is 2.84. The first-order valence-corrected chi connectivity index (χ1v) is 7.21. The molecule has 3 heteroatoms. The van der Waals surface area contributed by atoms with E-state index in [-0.39, 0.29) is 0 Å². The molecule has 1 aromatic rings. The van der Waals surface area contributed by atoms with Gasteiger partial charge < -0.3 is 10.2 Å². The van der Waals surface area contributed by atoms with Gasteiger partial charge in [0.2, 0.25) is 0 Å². The van der Waals surface area contributed by atoms with Gasteiger partial charge in [-0.15, -0.1) is 11.8 Å². The largest absolute Gasteiger partial charge is 0.374 e. The van der Waals surface area contributed by atoms with E-state index in [0.717, 1.165) is 12.5 Å². The molecule has 1 aromatic carbocycles. The molecular weight excluding hydrogens is 228 g/mol. The van der Waals surface area contributed by atoms with Crippen LogP contribution in [0.4, 0.5) is 5.69 Å². The van der Waals surface area contributed by atoms with Gasteiger partial charge in [-0.2, -0.15) is 0 Å². The van der Waals surface area contributed by atoms with E-state index in [4.69, 9.17) is 0 Å². The van der Waals surface area contributed by atoms with Crippen molar-refractivity contribution in [2.45, 2.75) is 24.0 Å². The van der Waals surface area contributed by atoms with Crippen molar-refractivity contribution in [2.75, 3.05) is 31.6 Å². The van der Waals surface area contributed by atoms with Gasteiger partial charge in [0.25, 0.3) is 0 Å². The predicted molar refractivity (Wildman–Crippen MR) is 77.1 cm³/mol. The van der Waals surface area contributed by atoms with E-state index >= 15 is 0 Å². The summed E-state index contributed by atoms with van der Waals surface area (Å²) < 4.78 is 0. The van der Waals surface area contributed by atoms with E-state index < -0.39 is 0 Å². The number of thioether (sulfide) groups is 1. The number of benzene rings is 1. The van der Waals surface area contributed by atoms with Crippen LogP contribution in [-0.2, 0) is 0 Å². The number of hydrogen-bond acceptors (Lipinski definition) is 3. The van der Waals surface area contributed by atoms with E-state index in [1.807, 2.05) is 11.8 Å². The Hall–Kier alpha value is -0.670. The lowest BCUT2D eigenvalue weighted by Gasteiger charge is -2.32. The van der Waals surface area contributed by atoms with Crippen molar-refractivity contribution in [3.63, 3.8) is 0 Å². The first-order chi connectivity index (χ1) is 8.15. The smallest absolute Gasteiger partial charge is 0.0364 e. The normalized spacial score (nSPS) is 16.0. The van der Waals surface area contributed by atoms with Crippen LogP contribution in [0, 0.1) is 5.92 Å². The summed E-state index contributed by atoms with van der Waals surface area (Å²) in [7, 11) is 2.18. The molecule has 0 aromatic heterocycles. The second-order valence-corrected chi connectivity index (χ2v) is 6.72. The Morgan fingerprint density at radius 2 is 1.94 bits per heavy atom. The summed E-state index contributed by atoms with van der Waals surface area (Å²) in [4.78, 5) is 3.72. The highest BCUT2D eigenvalue weighted by Gasteiger charge is 2.18. The molecule has 1 heterocycles. The Labute approximate surface area is 109 Å². The highest BCUT2D eigenvalue weighted by molar-refractivity contribution is 7.99. The van der Waals surface area contributed by atoms with Gasteiger partial charge in [0.1, 0.15) is 0 Å². The molecule has 2 rings (SSSR count). The topological polar surface area (TPSA) is 15.3 Å². The second kappa shape index (κ2) is 5.78. The molecule has 1 N–H and O–H groups in total. The summed E-state index contributed by atoms with van der Waals surface area (Å²) in [6.07, 6.45) is 0. The molecule has 0 amide bonds. The van der Waals surface area contributed by atoms with Crippen molar-refractivity contribution >= 4 is 17.4 Å². The van der Waals surface area contributed by atoms with Crippen LogP contribution >= 0.6 is 11.8 Å². The molecule has 0 spiro atoms. The van der Waals surface area contributed by atoms with Gasteiger partial charge in [0, 0.05) is 48.4 Å². The van der Waals surface area contributed by atoms with E-state index in [9.17, 15) is 0 Å². The van der Waals surface area contributed by atoms with Crippen LogP contribution in [-0.4, -0.2) is 31.9 Å². The third-order valence-corrected chi connectivity index (χ3v) is 4.06. The zero-order valence-corrected chi connectivity index (χ0v) is 11.8. The van der Waals surface area contributed by atoms with Gasteiger partial charge in [-0.25, -0.2) is 0 Å². The zero-order valence-electron chi connectivity index (χ0n) is 10.9. The van der Waals surface area contributed by atoms with Crippen LogP contribution in [0.5, 0.6) is 0 Å². The maximum Gasteiger partial charge on any atom is 0.0364 e. The Bertz CT molecular complexity index is 344. The average Bonchev–Trinajstić information content (AvgIpc) is 2.23. The van der Waals surface area contributed by atoms with Crippen molar-refractivity contribution in [1.29, 1.82) is 0 Å². The molecule has 1 aliphatic heterocycles. The Kier molecular flexibility index (Phi) is 4.35.